The molecular weight excluding hydrogens is 178 g/mol. The molecule has 0 atom stereocenters. The number of ether oxygens (including phenoxy) is 1. The largest absolute Gasteiger partial charge is 0.476 e. The first-order valence-electron chi connectivity index (χ1n) is 4.44. The summed E-state index contributed by atoms with van der Waals surface area (Å²) >= 11 is 0. The van der Waals surface area contributed by atoms with E-state index in [4.69, 9.17) is 10.5 Å². The number of benzene rings is 1. The summed E-state index contributed by atoms with van der Waals surface area (Å²) in [4.78, 5) is 8.18. The van der Waals surface area contributed by atoms with Crippen molar-refractivity contribution in [3.8, 4) is 5.88 Å². The Morgan fingerprint density at radius 1 is 1.21 bits per heavy atom. The first-order valence-corrected chi connectivity index (χ1v) is 4.44. The molecule has 2 N–H and O–H groups in total. The Morgan fingerprint density at radius 2 is 2.07 bits per heavy atom. The van der Waals surface area contributed by atoms with Crippen molar-refractivity contribution in [1.29, 1.82) is 0 Å². The molecule has 0 spiro atoms. The van der Waals surface area contributed by atoms with E-state index in [0.29, 0.717) is 19.0 Å². The van der Waals surface area contributed by atoms with Gasteiger partial charge in [-0.15, -0.1) is 0 Å². The molecule has 0 bridgehead atoms. The third-order valence-electron chi connectivity index (χ3n) is 1.86. The number of rotatable bonds is 3. The van der Waals surface area contributed by atoms with Gasteiger partial charge in [-0.25, -0.2) is 9.97 Å². The van der Waals surface area contributed by atoms with E-state index in [-0.39, 0.29) is 0 Å². The highest BCUT2D eigenvalue weighted by Crippen LogP contribution is 2.19. The fourth-order valence-corrected chi connectivity index (χ4v) is 1.25. The fourth-order valence-electron chi connectivity index (χ4n) is 1.25. The Labute approximate surface area is 81.7 Å². The fraction of sp³-hybridized carbons (Fsp3) is 0.200. The lowest BCUT2D eigenvalue weighted by molar-refractivity contribution is 0.319. The average Bonchev–Trinajstić information content (AvgIpc) is 2.26. The minimum atomic E-state index is 0.473. The molecule has 1 aromatic carbocycles. The molecule has 4 heteroatoms. The van der Waals surface area contributed by atoms with Crippen LogP contribution >= 0.6 is 0 Å². The van der Waals surface area contributed by atoms with E-state index in [2.05, 4.69) is 9.97 Å². The zero-order valence-corrected chi connectivity index (χ0v) is 7.68. The van der Waals surface area contributed by atoms with E-state index in [0.717, 1.165) is 10.9 Å². The molecule has 72 valence electrons. The Balaban J connectivity index is 2.43. The minimum Gasteiger partial charge on any atom is -0.476 e. The molecule has 1 aromatic heterocycles. The number of nitrogens with zero attached hydrogens (tertiary/aromatic N) is 2. The van der Waals surface area contributed by atoms with Gasteiger partial charge in [0.2, 0.25) is 5.88 Å². The first kappa shape index (κ1) is 8.90. The SMILES string of the molecule is NCCOc1ncnc2ccccc12. The number of nitrogens with two attached hydrogens (primary N) is 1. The zero-order chi connectivity index (χ0) is 9.80. The van der Waals surface area contributed by atoms with E-state index in [1.54, 1.807) is 0 Å². The summed E-state index contributed by atoms with van der Waals surface area (Å²) in [5.74, 6) is 0.598. The van der Waals surface area contributed by atoms with Gasteiger partial charge >= 0.3 is 0 Å². The van der Waals surface area contributed by atoms with E-state index < -0.39 is 0 Å². The second-order valence-corrected chi connectivity index (χ2v) is 2.83. The van der Waals surface area contributed by atoms with Crippen molar-refractivity contribution in [2.75, 3.05) is 13.2 Å². The summed E-state index contributed by atoms with van der Waals surface area (Å²) in [7, 11) is 0. The van der Waals surface area contributed by atoms with E-state index >= 15 is 0 Å². The Bertz CT molecular complexity index is 425. The van der Waals surface area contributed by atoms with Gasteiger partial charge in [-0.05, 0) is 12.1 Å². The van der Waals surface area contributed by atoms with Crippen molar-refractivity contribution < 1.29 is 4.74 Å². The molecule has 2 aromatic rings. The van der Waals surface area contributed by atoms with Gasteiger partial charge in [-0.2, -0.15) is 0 Å². The third-order valence-corrected chi connectivity index (χ3v) is 1.86. The Hall–Kier alpha value is -1.68. The molecule has 0 amide bonds. The maximum absolute atomic E-state index is 5.39. The van der Waals surface area contributed by atoms with Gasteiger partial charge in [-0.3, -0.25) is 0 Å². The standard InChI is InChI=1S/C10H11N3O/c11-5-6-14-10-8-3-1-2-4-9(8)12-7-13-10/h1-4,7H,5-6,11H2. The lowest BCUT2D eigenvalue weighted by Crippen LogP contribution is -2.11. The van der Waals surface area contributed by atoms with Crippen LogP contribution in [0.1, 0.15) is 0 Å². The molecule has 0 unspecified atom stereocenters. The van der Waals surface area contributed by atoms with Crippen molar-refractivity contribution >= 4 is 10.9 Å². The normalized spacial score (nSPS) is 10.4. The first-order chi connectivity index (χ1) is 6.92. The lowest BCUT2D eigenvalue weighted by Gasteiger charge is -2.05. The maximum atomic E-state index is 5.39. The molecule has 0 fully saturated rings. The molecule has 14 heavy (non-hydrogen) atoms. The van der Waals surface area contributed by atoms with Crippen LogP contribution in [0, 0.1) is 0 Å². The van der Waals surface area contributed by atoms with E-state index in [9.17, 15) is 0 Å². The molecule has 2 rings (SSSR count). The van der Waals surface area contributed by atoms with E-state index in [1.807, 2.05) is 24.3 Å². The molecule has 0 saturated carbocycles. The van der Waals surface area contributed by atoms with Crippen LogP contribution in [0.4, 0.5) is 0 Å². The van der Waals surface area contributed by atoms with Gasteiger partial charge in [0, 0.05) is 6.54 Å². The van der Waals surface area contributed by atoms with Crippen molar-refractivity contribution in [1.82, 2.24) is 9.97 Å². The summed E-state index contributed by atoms with van der Waals surface area (Å²) < 4.78 is 5.39. The summed E-state index contributed by atoms with van der Waals surface area (Å²) in [6.07, 6.45) is 1.49. The van der Waals surface area contributed by atoms with Gasteiger partial charge in [0.05, 0.1) is 10.9 Å². The van der Waals surface area contributed by atoms with Crippen LogP contribution in [0.2, 0.25) is 0 Å². The monoisotopic (exact) mass is 189 g/mol. The zero-order valence-electron chi connectivity index (χ0n) is 7.68. The van der Waals surface area contributed by atoms with E-state index in [1.165, 1.54) is 6.33 Å². The molecule has 0 radical (unpaired) electrons. The Morgan fingerprint density at radius 3 is 2.93 bits per heavy atom. The summed E-state index contributed by atoms with van der Waals surface area (Å²) in [5, 5.41) is 0.920. The predicted octanol–water partition coefficient (Wildman–Crippen LogP) is 0.967. The minimum absolute atomic E-state index is 0.473. The van der Waals surface area contributed by atoms with Crippen LogP contribution < -0.4 is 10.5 Å². The maximum Gasteiger partial charge on any atom is 0.224 e. The number of para-hydroxylation sites is 1. The van der Waals surface area contributed by atoms with Crippen molar-refractivity contribution in [2.45, 2.75) is 0 Å². The predicted molar refractivity (Wildman–Crippen MR) is 54.1 cm³/mol. The molecule has 0 aliphatic rings. The van der Waals surface area contributed by atoms with Crippen LogP contribution in [0.25, 0.3) is 10.9 Å². The highest BCUT2D eigenvalue weighted by molar-refractivity contribution is 5.82. The highest BCUT2D eigenvalue weighted by Gasteiger charge is 2.02. The third kappa shape index (κ3) is 1.65. The summed E-state index contributed by atoms with van der Waals surface area (Å²) in [6, 6.07) is 7.72. The van der Waals surface area contributed by atoms with Crippen LogP contribution in [0.3, 0.4) is 0 Å². The van der Waals surface area contributed by atoms with Crippen LogP contribution in [0.5, 0.6) is 5.88 Å². The van der Waals surface area contributed by atoms with Gasteiger partial charge in [-0.1, -0.05) is 12.1 Å². The number of hydrogen-bond acceptors (Lipinski definition) is 4. The van der Waals surface area contributed by atoms with Crippen molar-refractivity contribution in [3.63, 3.8) is 0 Å². The number of fused-ring (bicyclic) bond motifs is 1. The topological polar surface area (TPSA) is 61.0 Å². The molecule has 0 saturated heterocycles. The van der Waals surface area contributed by atoms with Gasteiger partial charge < -0.3 is 10.5 Å². The second kappa shape index (κ2) is 4.02. The van der Waals surface area contributed by atoms with Crippen molar-refractivity contribution in [3.05, 3.63) is 30.6 Å². The second-order valence-electron chi connectivity index (χ2n) is 2.83. The number of aromatic nitrogens is 2. The molecule has 0 aliphatic heterocycles. The van der Waals surface area contributed by atoms with Crippen LogP contribution in [0.15, 0.2) is 30.6 Å². The number of hydrogen-bond donors (Lipinski definition) is 1. The van der Waals surface area contributed by atoms with Gasteiger partial charge in [0.25, 0.3) is 0 Å². The molecular formula is C10H11N3O. The summed E-state index contributed by atoms with van der Waals surface area (Å²) in [6.45, 7) is 0.958. The lowest BCUT2D eigenvalue weighted by atomic mass is 10.2. The van der Waals surface area contributed by atoms with Crippen molar-refractivity contribution in [2.24, 2.45) is 5.73 Å². The van der Waals surface area contributed by atoms with Crippen LogP contribution in [-0.4, -0.2) is 23.1 Å². The average molecular weight is 189 g/mol. The van der Waals surface area contributed by atoms with Gasteiger partial charge in [0.15, 0.2) is 0 Å². The Kier molecular flexibility index (Phi) is 2.55. The molecule has 4 nitrogen and oxygen atoms in total. The molecule has 1 heterocycles. The highest BCUT2D eigenvalue weighted by atomic mass is 16.5. The van der Waals surface area contributed by atoms with Gasteiger partial charge in [0.1, 0.15) is 12.9 Å². The quantitative estimate of drug-likeness (QED) is 0.781. The smallest absolute Gasteiger partial charge is 0.224 e. The van der Waals surface area contributed by atoms with Crippen LogP contribution in [-0.2, 0) is 0 Å². The molecule has 0 aliphatic carbocycles. The summed E-state index contributed by atoms with van der Waals surface area (Å²) in [5.41, 5.74) is 6.24.